The maximum absolute atomic E-state index is 12.8. The maximum atomic E-state index is 12.8. The standard InChI is InChI=1S/C60H100O6/c1-4-7-10-13-16-19-22-25-26-27-28-29-30-31-32-33-34-36-38-41-44-47-50-53-59(62)65-56-57(55-64-58(61)52-49-46-43-40-37-24-21-18-15-12-9-6-3)66-60(63)54-51-48-45-42-39-35-23-20-17-14-11-8-5-2/h7,10,16,18-19,21,25-26,28-29,31-32,34,36,41,44,57H,4-6,8-9,11-15,17,20,22-24,27,30,33,35,37-40,42-43,45-56H2,1-3H3/b10-7-,19-16-,21-18-,26-25-,29-28-,32-31-,36-34-,44-41-. The van der Waals surface area contributed by atoms with Crippen molar-refractivity contribution in [2.45, 2.75) is 252 Å². The van der Waals surface area contributed by atoms with E-state index >= 15 is 0 Å². The number of hydrogen-bond acceptors (Lipinski definition) is 6. The van der Waals surface area contributed by atoms with Crippen molar-refractivity contribution in [1.82, 2.24) is 0 Å². The van der Waals surface area contributed by atoms with Gasteiger partial charge in [0.15, 0.2) is 6.10 Å². The smallest absolute Gasteiger partial charge is 0.306 e. The molecule has 0 rings (SSSR count). The first-order valence-corrected chi connectivity index (χ1v) is 27.2. The Morgan fingerprint density at radius 1 is 0.318 bits per heavy atom. The van der Waals surface area contributed by atoms with Gasteiger partial charge in [-0.15, -0.1) is 0 Å². The third-order valence-corrected chi connectivity index (χ3v) is 11.3. The van der Waals surface area contributed by atoms with Crippen molar-refractivity contribution in [2.24, 2.45) is 0 Å². The van der Waals surface area contributed by atoms with Crippen LogP contribution in [0, 0.1) is 0 Å². The summed E-state index contributed by atoms with van der Waals surface area (Å²) < 4.78 is 16.8. The lowest BCUT2D eigenvalue weighted by molar-refractivity contribution is -0.167. The third-order valence-electron chi connectivity index (χ3n) is 11.3. The molecule has 0 radical (unpaired) electrons. The second-order valence-corrected chi connectivity index (χ2v) is 17.8. The molecule has 1 unspecified atom stereocenters. The molecule has 0 aromatic rings. The van der Waals surface area contributed by atoms with Crippen molar-refractivity contribution in [1.29, 1.82) is 0 Å². The number of esters is 3. The molecule has 0 aromatic carbocycles. The predicted octanol–water partition coefficient (Wildman–Crippen LogP) is 18.1. The normalized spacial score (nSPS) is 12.8. The Bertz CT molecular complexity index is 1330. The van der Waals surface area contributed by atoms with E-state index in [9.17, 15) is 14.4 Å². The van der Waals surface area contributed by atoms with Gasteiger partial charge < -0.3 is 14.2 Å². The van der Waals surface area contributed by atoms with E-state index in [1.807, 2.05) is 0 Å². The van der Waals surface area contributed by atoms with E-state index in [0.29, 0.717) is 19.3 Å². The molecule has 0 saturated heterocycles. The molecule has 6 nitrogen and oxygen atoms in total. The molecule has 0 fully saturated rings. The predicted molar refractivity (Wildman–Crippen MR) is 284 cm³/mol. The Kier molecular flexibility index (Phi) is 50.9. The fraction of sp³-hybridized carbons (Fsp3) is 0.683. The van der Waals surface area contributed by atoms with Crippen molar-refractivity contribution in [3.8, 4) is 0 Å². The van der Waals surface area contributed by atoms with E-state index < -0.39 is 6.10 Å². The average molecular weight is 917 g/mol. The molecule has 0 N–H and O–H groups in total. The molecule has 0 aromatic heterocycles. The van der Waals surface area contributed by atoms with E-state index in [2.05, 4.69) is 118 Å². The summed E-state index contributed by atoms with van der Waals surface area (Å²) in [6.07, 6.45) is 71.1. The molecule has 6 heteroatoms. The first-order valence-electron chi connectivity index (χ1n) is 27.2. The zero-order chi connectivity index (χ0) is 47.9. The van der Waals surface area contributed by atoms with Gasteiger partial charge in [0.1, 0.15) is 13.2 Å². The van der Waals surface area contributed by atoms with Crippen LogP contribution in [-0.4, -0.2) is 37.2 Å². The number of carbonyl (C=O) groups excluding carboxylic acids is 3. The Labute approximate surface area is 407 Å². The van der Waals surface area contributed by atoms with Crippen LogP contribution >= 0.6 is 0 Å². The summed E-state index contributed by atoms with van der Waals surface area (Å²) in [6, 6.07) is 0. The van der Waals surface area contributed by atoms with E-state index in [4.69, 9.17) is 14.2 Å². The van der Waals surface area contributed by atoms with Gasteiger partial charge in [0.2, 0.25) is 0 Å². The summed E-state index contributed by atoms with van der Waals surface area (Å²) in [4.78, 5) is 38.0. The number of hydrogen-bond donors (Lipinski definition) is 0. The summed E-state index contributed by atoms with van der Waals surface area (Å²) in [5.41, 5.74) is 0. The second kappa shape index (κ2) is 53.9. The van der Waals surface area contributed by atoms with Crippen molar-refractivity contribution < 1.29 is 28.6 Å². The summed E-state index contributed by atoms with van der Waals surface area (Å²) in [7, 11) is 0. The Hall–Kier alpha value is -3.67. The van der Waals surface area contributed by atoms with Crippen LogP contribution in [0.4, 0.5) is 0 Å². The van der Waals surface area contributed by atoms with Crippen LogP contribution in [0.1, 0.15) is 245 Å². The SMILES string of the molecule is CC/C=C\C/C=C\C/C=C\C/C=C\C/C=C\C/C=C\C/C=C\CCCC(=O)OCC(COC(=O)CCCCCCC/C=C\CCCCC)OC(=O)CCCCCCCCCCCCCCC. The highest BCUT2D eigenvalue weighted by molar-refractivity contribution is 5.71. The van der Waals surface area contributed by atoms with E-state index in [0.717, 1.165) is 103 Å². The Morgan fingerprint density at radius 2 is 0.606 bits per heavy atom. The minimum atomic E-state index is -0.802. The first kappa shape index (κ1) is 62.3. The summed E-state index contributed by atoms with van der Waals surface area (Å²) in [5, 5.41) is 0. The molecule has 0 aliphatic carbocycles. The van der Waals surface area contributed by atoms with Gasteiger partial charge in [-0.2, -0.15) is 0 Å². The summed E-state index contributed by atoms with van der Waals surface area (Å²) in [5.74, 6) is -0.969. The molecule has 0 saturated carbocycles. The van der Waals surface area contributed by atoms with Gasteiger partial charge in [0.05, 0.1) is 0 Å². The molecule has 0 bridgehead atoms. The number of allylic oxidation sites excluding steroid dienone is 16. The Balaban J connectivity index is 4.45. The quantitative estimate of drug-likeness (QED) is 0.0262. The summed E-state index contributed by atoms with van der Waals surface area (Å²) >= 11 is 0. The minimum absolute atomic E-state index is 0.0988. The maximum Gasteiger partial charge on any atom is 0.306 e. The molecule has 376 valence electrons. The molecule has 0 spiro atoms. The van der Waals surface area contributed by atoms with Gasteiger partial charge in [-0.3, -0.25) is 14.4 Å². The number of carbonyl (C=O) groups is 3. The van der Waals surface area contributed by atoms with Crippen LogP contribution in [0.15, 0.2) is 97.2 Å². The van der Waals surface area contributed by atoms with Gasteiger partial charge in [-0.05, 0) is 96.3 Å². The molecule has 0 aliphatic heterocycles. The topological polar surface area (TPSA) is 78.9 Å². The second-order valence-electron chi connectivity index (χ2n) is 17.8. The van der Waals surface area contributed by atoms with E-state index in [1.165, 1.54) is 96.3 Å². The largest absolute Gasteiger partial charge is 0.462 e. The lowest BCUT2D eigenvalue weighted by Gasteiger charge is -2.18. The first-order chi connectivity index (χ1) is 32.5. The lowest BCUT2D eigenvalue weighted by atomic mass is 10.0. The highest BCUT2D eigenvalue weighted by Gasteiger charge is 2.19. The number of rotatable bonds is 48. The van der Waals surface area contributed by atoms with Crippen molar-refractivity contribution in [2.75, 3.05) is 13.2 Å². The molecule has 0 aliphatic rings. The third kappa shape index (κ3) is 51.3. The van der Waals surface area contributed by atoms with Crippen LogP contribution in [0.3, 0.4) is 0 Å². The van der Waals surface area contributed by atoms with Crippen molar-refractivity contribution in [3.05, 3.63) is 97.2 Å². The number of unbranched alkanes of at least 4 members (excludes halogenated alkanes) is 21. The highest BCUT2D eigenvalue weighted by Crippen LogP contribution is 2.15. The molecular formula is C60H100O6. The van der Waals surface area contributed by atoms with Gasteiger partial charge in [-0.25, -0.2) is 0 Å². The molecule has 1 atom stereocenters. The van der Waals surface area contributed by atoms with Gasteiger partial charge in [0, 0.05) is 19.3 Å². The van der Waals surface area contributed by atoms with Crippen molar-refractivity contribution >= 4 is 17.9 Å². The zero-order valence-electron chi connectivity index (χ0n) is 42.9. The van der Waals surface area contributed by atoms with Crippen molar-refractivity contribution in [3.63, 3.8) is 0 Å². The van der Waals surface area contributed by atoms with Gasteiger partial charge in [0.25, 0.3) is 0 Å². The van der Waals surface area contributed by atoms with E-state index in [1.54, 1.807) is 0 Å². The average Bonchev–Trinajstić information content (AvgIpc) is 3.31. The van der Waals surface area contributed by atoms with Crippen LogP contribution in [-0.2, 0) is 28.6 Å². The summed E-state index contributed by atoms with van der Waals surface area (Å²) in [6.45, 7) is 6.44. The molecular weight excluding hydrogens is 817 g/mol. The minimum Gasteiger partial charge on any atom is -0.462 e. The van der Waals surface area contributed by atoms with Crippen LogP contribution in [0.25, 0.3) is 0 Å². The van der Waals surface area contributed by atoms with E-state index in [-0.39, 0.29) is 37.5 Å². The monoisotopic (exact) mass is 917 g/mol. The number of ether oxygens (including phenoxy) is 3. The Morgan fingerprint density at radius 3 is 1.03 bits per heavy atom. The molecule has 66 heavy (non-hydrogen) atoms. The van der Waals surface area contributed by atoms with Crippen LogP contribution in [0.5, 0.6) is 0 Å². The highest BCUT2D eigenvalue weighted by atomic mass is 16.6. The van der Waals surface area contributed by atoms with Crippen LogP contribution in [0.2, 0.25) is 0 Å². The van der Waals surface area contributed by atoms with Gasteiger partial charge in [-0.1, -0.05) is 227 Å². The molecule has 0 amide bonds. The lowest BCUT2D eigenvalue weighted by Crippen LogP contribution is -2.30. The fourth-order valence-electron chi connectivity index (χ4n) is 7.25. The van der Waals surface area contributed by atoms with Crippen LogP contribution < -0.4 is 0 Å². The molecule has 0 heterocycles. The fourth-order valence-corrected chi connectivity index (χ4v) is 7.25. The van der Waals surface area contributed by atoms with Gasteiger partial charge >= 0.3 is 17.9 Å². The zero-order valence-corrected chi connectivity index (χ0v) is 42.9.